The average molecular weight is 483 g/mol. The van der Waals surface area contributed by atoms with Gasteiger partial charge in [-0.25, -0.2) is 28.1 Å². The molecule has 1 saturated heterocycles. The first-order valence-corrected chi connectivity index (χ1v) is 11.1. The van der Waals surface area contributed by atoms with E-state index in [0.29, 0.717) is 16.7 Å². The van der Waals surface area contributed by atoms with E-state index in [-0.39, 0.29) is 11.6 Å². The number of likely N-dealkylation sites (N-methyl/N-ethyl adjacent to an activating group) is 1. The van der Waals surface area contributed by atoms with E-state index < -0.39 is 23.7 Å². The van der Waals surface area contributed by atoms with Crippen molar-refractivity contribution in [3.63, 3.8) is 0 Å². The van der Waals surface area contributed by atoms with Crippen molar-refractivity contribution >= 4 is 28.2 Å². The molecule has 35 heavy (non-hydrogen) atoms. The van der Waals surface area contributed by atoms with Crippen LogP contribution in [-0.2, 0) is 0 Å². The van der Waals surface area contributed by atoms with Crippen LogP contribution < -0.4 is 15.0 Å². The Hall–Kier alpha value is -3.86. The maximum absolute atomic E-state index is 15.0. The van der Waals surface area contributed by atoms with Crippen LogP contribution in [0, 0.1) is 12.7 Å². The number of hydrogen-bond acceptors (Lipinski definition) is 7. The van der Waals surface area contributed by atoms with Crippen LogP contribution in [0.1, 0.15) is 17.7 Å². The number of aromatic amines is 1. The van der Waals surface area contributed by atoms with Crippen molar-refractivity contribution in [3.05, 3.63) is 59.9 Å². The molecule has 1 aliphatic heterocycles. The summed E-state index contributed by atoms with van der Waals surface area (Å²) in [6, 6.07) is 8.19. The third-order valence-electron chi connectivity index (χ3n) is 5.97. The fraction of sp³-hybridized carbons (Fsp3) is 0.292. The van der Waals surface area contributed by atoms with Crippen LogP contribution in [0.25, 0.3) is 10.9 Å². The van der Waals surface area contributed by atoms with Gasteiger partial charge in [-0.05, 0) is 44.3 Å². The third-order valence-corrected chi connectivity index (χ3v) is 5.97. The highest BCUT2D eigenvalue weighted by Gasteiger charge is 2.24. The second kappa shape index (κ2) is 9.41. The number of nitrogens with one attached hydrogen (secondary N) is 2. The van der Waals surface area contributed by atoms with Crippen molar-refractivity contribution in [2.45, 2.75) is 13.3 Å². The molecule has 0 atom stereocenters. The molecule has 1 aromatic carbocycles. The highest BCUT2D eigenvalue weighted by Crippen LogP contribution is 2.37. The second-order valence-corrected chi connectivity index (χ2v) is 8.45. The highest BCUT2D eigenvalue weighted by molar-refractivity contribution is 5.82. The topological polar surface area (TPSA) is 82.2 Å². The SMILES string of the molecule is Cc1cc2c(F)c(Oc3ncnc(Nc4ccc(N5CCN(C)CC5)cn4)c3C(F)F)ccc2[nH]1. The lowest BCUT2D eigenvalue weighted by molar-refractivity contribution is 0.147. The van der Waals surface area contributed by atoms with Crippen molar-refractivity contribution in [3.8, 4) is 11.6 Å². The minimum atomic E-state index is -2.97. The van der Waals surface area contributed by atoms with Crippen LogP contribution in [0.5, 0.6) is 11.6 Å². The average Bonchev–Trinajstić information content (AvgIpc) is 3.23. The lowest BCUT2D eigenvalue weighted by Gasteiger charge is -2.33. The number of pyridine rings is 1. The number of hydrogen-bond donors (Lipinski definition) is 2. The van der Waals surface area contributed by atoms with Crippen molar-refractivity contribution in [2.24, 2.45) is 0 Å². The Labute approximate surface area is 199 Å². The number of aryl methyl sites for hydroxylation is 1. The quantitative estimate of drug-likeness (QED) is 0.398. The number of ether oxygens (including phenoxy) is 1. The maximum atomic E-state index is 15.0. The number of fused-ring (bicyclic) bond motifs is 1. The van der Waals surface area contributed by atoms with E-state index in [1.165, 1.54) is 6.07 Å². The number of piperazine rings is 1. The van der Waals surface area contributed by atoms with E-state index in [1.807, 2.05) is 6.07 Å². The fourth-order valence-corrected chi connectivity index (χ4v) is 4.06. The van der Waals surface area contributed by atoms with Crippen LogP contribution in [0.2, 0.25) is 0 Å². The Kier molecular flexibility index (Phi) is 6.16. The summed E-state index contributed by atoms with van der Waals surface area (Å²) >= 11 is 0. The molecule has 182 valence electrons. The second-order valence-electron chi connectivity index (χ2n) is 8.45. The molecule has 2 N–H and O–H groups in total. The number of nitrogens with zero attached hydrogens (tertiary/aromatic N) is 5. The van der Waals surface area contributed by atoms with Crippen molar-refractivity contribution in [1.29, 1.82) is 0 Å². The van der Waals surface area contributed by atoms with Gasteiger partial charge in [0.25, 0.3) is 6.43 Å². The zero-order valence-corrected chi connectivity index (χ0v) is 19.2. The molecule has 4 aromatic rings. The van der Waals surface area contributed by atoms with E-state index in [2.05, 4.69) is 42.1 Å². The van der Waals surface area contributed by atoms with Crippen LogP contribution in [0.15, 0.2) is 42.9 Å². The molecule has 0 saturated carbocycles. The molecule has 8 nitrogen and oxygen atoms in total. The van der Waals surface area contributed by atoms with E-state index >= 15 is 0 Å². The van der Waals surface area contributed by atoms with Crippen LogP contribution in [0.4, 0.5) is 30.5 Å². The summed E-state index contributed by atoms with van der Waals surface area (Å²) in [5, 5.41) is 3.12. The largest absolute Gasteiger partial charge is 0.435 e. The van der Waals surface area contributed by atoms with Crippen molar-refractivity contribution in [2.75, 3.05) is 43.4 Å². The number of benzene rings is 1. The minimum Gasteiger partial charge on any atom is -0.435 e. The highest BCUT2D eigenvalue weighted by atomic mass is 19.3. The minimum absolute atomic E-state index is 0.163. The number of alkyl halides is 2. The first kappa shape index (κ1) is 22.9. The number of halogens is 3. The summed E-state index contributed by atoms with van der Waals surface area (Å²) in [5.74, 6) is -1.13. The molecule has 4 heterocycles. The Morgan fingerprint density at radius 1 is 1.06 bits per heavy atom. The summed E-state index contributed by atoms with van der Waals surface area (Å²) in [4.78, 5) is 19.7. The molecule has 0 radical (unpaired) electrons. The molecule has 0 amide bonds. The molecule has 0 bridgehead atoms. The Morgan fingerprint density at radius 2 is 1.86 bits per heavy atom. The number of rotatable bonds is 6. The van der Waals surface area contributed by atoms with Crippen molar-refractivity contribution in [1.82, 2.24) is 24.8 Å². The van der Waals surface area contributed by atoms with Gasteiger partial charge in [0.15, 0.2) is 11.6 Å². The molecule has 11 heteroatoms. The van der Waals surface area contributed by atoms with Gasteiger partial charge in [0.2, 0.25) is 5.88 Å². The van der Waals surface area contributed by atoms with Gasteiger partial charge in [-0.3, -0.25) is 0 Å². The predicted octanol–water partition coefficient (Wildman–Crippen LogP) is 5.03. The first-order valence-electron chi connectivity index (χ1n) is 11.1. The van der Waals surface area contributed by atoms with E-state index in [0.717, 1.165) is 43.9 Å². The fourth-order valence-electron chi connectivity index (χ4n) is 4.06. The summed E-state index contributed by atoms with van der Waals surface area (Å²) in [7, 11) is 2.08. The Balaban J connectivity index is 1.39. The first-order chi connectivity index (χ1) is 16.9. The van der Waals surface area contributed by atoms with E-state index in [1.54, 1.807) is 31.3 Å². The van der Waals surface area contributed by atoms with E-state index in [4.69, 9.17) is 4.74 Å². The number of aromatic nitrogens is 4. The monoisotopic (exact) mass is 483 g/mol. The van der Waals surface area contributed by atoms with Gasteiger partial charge >= 0.3 is 0 Å². The Bertz CT molecular complexity index is 1340. The van der Waals surface area contributed by atoms with Gasteiger partial charge in [0.1, 0.15) is 23.5 Å². The maximum Gasteiger partial charge on any atom is 0.272 e. The molecular formula is C24H24F3N7O. The van der Waals surface area contributed by atoms with Gasteiger partial charge in [0.05, 0.1) is 11.9 Å². The molecule has 5 rings (SSSR count). The lowest BCUT2D eigenvalue weighted by atomic mass is 10.2. The van der Waals surface area contributed by atoms with Gasteiger partial charge in [-0.15, -0.1) is 0 Å². The Morgan fingerprint density at radius 3 is 2.57 bits per heavy atom. The molecule has 1 fully saturated rings. The molecular weight excluding hydrogens is 459 g/mol. The van der Waals surface area contributed by atoms with Crippen LogP contribution in [-0.4, -0.2) is 58.1 Å². The van der Waals surface area contributed by atoms with E-state index in [9.17, 15) is 13.2 Å². The van der Waals surface area contributed by atoms with Gasteiger partial charge in [-0.1, -0.05) is 0 Å². The summed E-state index contributed by atoms with van der Waals surface area (Å²) in [6.45, 7) is 5.48. The number of H-pyrrole nitrogens is 1. The lowest BCUT2D eigenvalue weighted by Crippen LogP contribution is -2.44. The standard InChI is InChI=1S/C24H24F3N7O/c1-14-11-16-17(31-14)4-5-18(21(16)25)35-24-20(22(26)27)23(29-13-30-24)32-19-6-3-15(12-28-19)34-9-7-33(2)8-10-34/h3-6,11-13,22,31H,7-10H2,1-2H3,(H,28,29,30,32). The third kappa shape index (κ3) is 4.72. The summed E-state index contributed by atoms with van der Waals surface area (Å²) in [5.41, 5.74) is 1.72. The molecule has 3 aromatic heterocycles. The normalized spacial score (nSPS) is 14.6. The van der Waals surface area contributed by atoms with Crippen LogP contribution >= 0.6 is 0 Å². The molecule has 0 spiro atoms. The number of anilines is 3. The van der Waals surface area contributed by atoms with Crippen LogP contribution in [0.3, 0.4) is 0 Å². The zero-order chi connectivity index (χ0) is 24.5. The van der Waals surface area contributed by atoms with Gasteiger partial charge < -0.3 is 24.8 Å². The summed E-state index contributed by atoms with van der Waals surface area (Å²) in [6.07, 6.45) is -0.198. The van der Waals surface area contributed by atoms with Crippen molar-refractivity contribution < 1.29 is 17.9 Å². The molecule has 0 unspecified atom stereocenters. The molecule has 1 aliphatic rings. The zero-order valence-electron chi connectivity index (χ0n) is 19.2. The van der Waals surface area contributed by atoms with Gasteiger partial charge in [-0.2, -0.15) is 0 Å². The predicted molar refractivity (Wildman–Crippen MR) is 127 cm³/mol. The van der Waals surface area contributed by atoms with Gasteiger partial charge in [0, 0.05) is 42.8 Å². The smallest absolute Gasteiger partial charge is 0.272 e. The molecule has 0 aliphatic carbocycles. The summed E-state index contributed by atoms with van der Waals surface area (Å²) < 4.78 is 48.6.